The number of nitro benzene ring substituents is 1. The molecule has 6 nitrogen and oxygen atoms in total. The molecule has 2 aromatic rings. The Morgan fingerprint density at radius 2 is 2.00 bits per heavy atom. The molecule has 0 spiro atoms. The van der Waals surface area contributed by atoms with E-state index in [0.29, 0.717) is 5.02 Å². The Balaban J connectivity index is 2.26. The molecular weight excluding hydrogens is 284 g/mol. The standard InChI is InChI=1S/C13H9ClN2O4/c14-9-4-5-12(17)11(7-9)15-13(18)8-2-1-3-10(6-8)16(19)20/h1-7,17H,(H,15,18). The maximum atomic E-state index is 12.0. The van der Waals surface area contributed by atoms with Gasteiger partial charge in [-0.05, 0) is 24.3 Å². The second-order valence-corrected chi connectivity index (χ2v) is 4.36. The maximum absolute atomic E-state index is 12.0. The molecule has 0 aliphatic carbocycles. The number of anilines is 1. The van der Waals surface area contributed by atoms with Gasteiger partial charge in [-0.15, -0.1) is 0 Å². The van der Waals surface area contributed by atoms with Crippen LogP contribution in [0.15, 0.2) is 42.5 Å². The highest BCUT2D eigenvalue weighted by Crippen LogP contribution is 2.27. The largest absolute Gasteiger partial charge is 0.506 e. The van der Waals surface area contributed by atoms with Gasteiger partial charge in [-0.1, -0.05) is 17.7 Å². The first kappa shape index (κ1) is 13.8. The lowest BCUT2D eigenvalue weighted by molar-refractivity contribution is -0.384. The van der Waals surface area contributed by atoms with E-state index in [0.717, 1.165) is 6.07 Å². The van der Waals surface area contributed by atoms with Crippen LogP contribution >= 0.6 is 11.6 Å². The Morgan fingerprint density at radius 1 is 1.25 bits per heavy atom. The second kappa shape index (κ2) is 5.58. The molecule has 0 heterocycles. The zero-order chi connectivity index (χ0) is 14.7. The average molecular weight is 293 g/mol. The van der Waals surface area contributed by atoms with Crippen LogP contribution in [-0.2, 0) is 0 Å². The molecule has 7 heteroatoms. The van der Waals surface area contributed by atoms with Crippen molar-refractivity contribution in [3.05, 3.63) is 63.2 Å². The van der Waals surface area contributed by atoms with E-state index in [2.05, 4.69) is 5.32 Å². The summed E-state index contributed by atoms with van der Waals surface area (Å²) in [6, 6.07) is 9.47. The molecule has 2 N–H and O–H groups in total. The Hall–Kier alpha value is -2.60. The van der Waals surface area contributed by atoms with E-state index in [1.807, 2.05) is 0 Å². The quantitative estimate of drug-likeness (QED) is 0.516. The van der Waals surface area contributed by atoms with E-state index in [4.69, 9.17) is 11.6 Å². The van der Waals surface area contributed by atoms with Crippen LogP contribution in [0, 0.1) is 10.1 Å². The summed E-state index contributed by atoms with van der Waals surface area (Å²) in [5.41, 5.74) is 0.0561. The number of nitro groups is 1. The number of amides is 1. The molecule has 2 rings (SSSR count). The topological polar surface area (TPSA) is 92.5 Å². The van der Waals surface area contributed by atoms with Crippen molar-refractivity contribution in [2.45, 2.75) is 0 Å². The molecule has 20 heavy (non-hydrogen) atoms. The van der Waals surface area contributed by atoms with E-state index in [1.165, 1.54) is 36.4 Å². The third-order valence-electron chi connectivity index (χ3n) is 2.53. The van der Waals surface area contributed by atoms with Crippen LogP contribution in [0.3, 0.4) is 0 Å². The summed E-state index contributed by atoms with van der Waals surface area (Å²) >= 11 is 5.76. The normalized spacial score (nSPS) is 10.1. The zero-order valence-corrected chi connectivity index (χ0v) is 10.8. The van der Waals surface area contributed by atoms with Gasteiger partial charge in [0.25, 0.3) is 11.6 Å². The Kier molecular flexibility index (Phi) is 3.86. The maximum Gasteiger partial charge on any atom is 0.270 e. The minimum absolute atomic E-state index is 0.110. The van der Waals surface area contributed by atoms with Crippen LogP contribution in [0.5, 0.6) is 5.75 Å². The smallest absolute Gasteiger partial charge is 0.270 e. The van der Waals surface area contributed by atoms with Crippen molar-refractivity contribution in [1.82, 2.24) is 0 Å². The summed E-state index contributed by atoms with van der Waals surface area (Å²) in [5, 5.41) is 23.0. The van der Waals surface area contributed by atoms with Crippen molar-refractivity contribution in [2.75, 3.05) is 5.32 Å². The highest BCUT2D eigenvalue weighted by atomic mass is 35.5. The number of rotatable bonds is 3. The minimum Gasteiger partial charge on any atom is -0.506 e. The number of hydrogen-bond donors (Lipinski definition) is 2. The number of nitrogens with one attached hydrogen (secondary N) is 1. The lowest BCUT2D eigenvalue weighted by Gasteiger charge is -2.07. The predicted molar refractivity (Wildman–Crippen MR) is 74.2 cm³/mol. The summed E-state index contributed by atoms with van der Waals surface area (Å²) in [6.45, 7) is 0. The van der Waals surface area contributed by atoms with Crippen molar-refractivity contribution in [2.24, 2.45) is 0 Å². The molecule has 0 bridgehead atoms. The van der Waals surface area contributed by atoms with Crippen LogP contribution in [-0.4, -0.2) is 15.9 Å². The van der Waals surface area contributed by atoms with E-state index >= 15 is 0 Å². The van der Waals surface area contributed by atoms with Crippen LogP contribution in [0.1, 0.15) is 10.4 Å². The number of halogens is 1. The van der Waals surface area contributed by atoms with E-state index in [-0.39, 0.29) is 22.7 Å². The summed E-state index contributed by atoms with van der Waals surface area (Å²) in [5.74, 6) is -0.723. The molecule has 0 radical (unpaired) electrons. The first-order chi connectivity index (χ1) is 9.47. The molecule has 0 atom stereocenters. The average Bonchev–Trinajstić information content (AvgIpc) is 2.43. The second-order valence-electron chi connectivity index (χ2n) is 3.92. The Labute approximate surface area is 118 Å². The van der Waals surface area contributed by atoms with Gasteiger partial charge >= 0.3 is 0 Å². The number of hydrogen-bond acceptors (Lipinski definition) is 4. The molecule has 102 valence electrons. The number of phenols is 1. The third-order valence-corrected chi connectivity index (χ3v) is 2.76. The Morgan fingerprint density at radius 3 is 2.70 bits per heavy atom. The van der Waals surface area contributed by atoms with Gasteiger partial charge in [0, 0.05) is 22.7 Å². The lowest BCUT2D eigenvalue weighted by atomic mass is 10.2. The summed E-state index contributed by atoms with van der Waals surface area (Å²) in [7, 11) is 0. The van der Waals surface area contributed by atoms with Gasteiger partial charge in [0.05, 0.1) is 10.6 Å². The van der Waals surface area contributed by atoms with E-state index < -0.39 is 10.8 Å². The number of non-ortho nitro benzene ring substituents is 1. The van der Waals surface area contributed by atoms with Gasteiger partial charge in [0.15, 0.2) is 0 Å². The molecule has 0 saturated heterocycles. The van der Waals surface area contributed by atoms with Crippen LogP contribution in [0.25, 0.3) is 0 Å². The van der Waals surface area contributed by atoms with Crippen LogP contribution in [0.2, 0.25) is 5.02 Å². The van der Waals surface area contributed by atoms with E-state index in [1.54, 1.807) is 0 Å². The Bertz CT molecular complexity index is 688. The molecule has 1 amide bonds. The lowest BCUT2D eigenvalue weighted by Crippen LogP contribution is -2.12. The fraction of sp³-hybridized carbons (Fsp3) is 0. The van der Waals surface area contributed by atoms with Crippen LogP contribution < -0.4 is 5.32 Å². The SMILES string of the molecule is O=C(Nc1cc(Cl)ccc1O)c1cccc([N+](=O)[O-])c1. The number of phenolic OH excluding ortho intramolecular Hbond substituents is 1. The minimum atomic E-state index is -0.590. The first-order valence-corrected chi connectivity index (χ1v) is 5.89. The number of nitrogens with zero attached hydrogens (tertiary/aromatic N) is 1. The molecule has 2 aromatic carbocycles. The van der Waals surface area contributed by atoms with Crippen molar-refractivity contribution in [3.63, 3.8) is 0 Å². The van der Waals surface area contributed by atoms with Crippen molar-refractivity contribution >= 4 is 28.9 Å². The van der Waals surface area contributed by atoms with E-state index in [9.17, 15) is 20.0 Å². The molecule has 0 unspecified atom stereocenters. The predicted octanol–water partition coefficient (Wildman–Crippen LogP) is 3.21. The summed E-state index contributed by atoms with van der Waals surface area (Å²) in [4.78, 5) is 22.0. The highest BCUT2D eigenvalue weighted by Gasteiger charge is 2.13. The fourth-order valence-electron chi connectivity index (χ4n) is 1.56. The fourth-order valence-corrected chi connectivity index (χ4v) is 1.74. The van der Waals surface area contributed by atoms with Gasteiger partial charge in [-0.3, -0.25) is 14.9 Å². The van der Waals surface area contributed by atoms with Gasteiger partial charge < -0.3 is 10.4 Å². The van der Waals surface area contributed by atoms with Crippen molar-refractivity contribution < 1.29 is 14.8 Å². The monoisotopic (exact) mass is 292 g/mol. The van der Waals surface area contributed by atoms with Crippen molar-refractivity contribution in [1.29, 1.82) is 0 Å². The number of aromatic hydroxyl groups is 1. The molecule has 0 saturated carbocycles. The number of carbonyl (C=O) groups excluding carboxylic acids is 1. The summed E-state index contributed by atoms with van der Waals surface area (Å²) in [6.07, 6.45) is 0. The molecule has 0 aliphatic heterocycles. The van der Waals surface area contributed by atoms with Gasteiger partial charge in [0.1, 0.15) is 5.75 Å². The molecule has 0 aromatic heterocycles. The van der Waals surface area contributed by atoms with Gasteiger partial charge in [-0.25, -0.2) is 0 Å². The number of benzene rings is 2. The van der Waals surface area contributed by atoms with Crippen LogP contribution in [0.4, 0.5) is 11.4 Å². The van der Waals surface area contributed by atoms with Gasteiger partial charge in [-0.2, -0.15) is 0 Å². The molecule has 0 fully saturated rings. The third kappa shape index (κ3) is 3.04. The molecule has 0 aliphatic rings. The number of carbonyl (C=O) groups is 1. The summed E-state index contributed by atoms with van der Waals surface area (Å²) < 4.78 is 0. The molecular formula is C13H9ClN2O4. The zero-order valence-electron chi connectivity index (χ0n) is 10.0. The first-order valence-electron chi connectivity index (χ1n) is 5.51. The van der Waals surface area contributed by atoms with Gasteiger partial charge in [0.2, 0.25) is 0 Å². The van der Waals surface area contributed by atoms with Crippen molar-refractivity contribution in [3.8, 4) is 5.75 Å². The highest BCUT2D eigenvalue weighted by molar-refractivity contribution is 6.31.